The number of nitrogens with two attached hydrogens (primary N) is 1. The quantitative estimate of drug-likeness (QED) is 0.728. The Bertz CT molecular complexity index is 841. The van der Waals surface area contributed by atoms with Gasteiger partial charge in [-0.1, -0.05) is 30.3 Å². The minimum atomic E-state index is -1.46. The van der Waals surface area contributed by atoms with Crippen molar-refractivity contribution in [3.05, 3.63) is 88.8 Å². The van der Waals surface area contributed by atoms with Gasteiger partial charge in [0.25, 0.3) is 0 Å². The van der Waals surface area contributed by atoms with Gasteiger partial charge in [0.1, 0.15) is 5.82 Å². The van der Waals surface area contributed by atoms with Crippen molar-refractivity contribution in [2.24, 2.45) is 5.73 Å². The molecule has 0 unspecified atom stereocenters. The zero-order valence-corrected chi connectivity index (χ0v) is 12.8. The molecule has 0 aliphatic rings. The smallest absolute Gasteiger partial charge is 0.194 e. The molecule has 124 valence electrons. The summed E-state index contributed by atoms with van der Waals surface area (Å²) in [5.74, 6) is -3.25. The van der Waals surface area contributed by atoms with E-state index in [1.807, 2.05) is 28.8 Å². The first-order chi connectivity index (χ1) is 11.6. The van der Waals surface area contributed by atoms with Crippen molar-refractivity contribution in [1.82, 2.24) is 9.55 Å². The van der Waals surface area contributed by atoms with Crippen LogP contribution >= 0.6 is 0 Å². The van der Waals surface area contributed by atoms with Gasteiger partial charge in [0.15, 0.2) is 17.5 Å². The number of benzene rings is 2. The molecular weight excluding hydrogens is 315 g/mol. The van der Waals surface area contributed by atoms with E-state index in [4.69, 9.17) is 5.73 Å². The Morgan fingerprint density at radius 1 is 0.917 bits per heavy atom. The second kappa shape index (κ2) is 6.88. The molecule has 0 atom stereocenters. The van der Waals surface area contributed by atoms with E-state index in [1.54, 1.807) is 12.4 Å². The van der Waals surface area contributed by atoms with Crippen molar-refractivity contribution >= 4 is 0 Å². The molecule has 1 aromatic heterocycles. The van der Waals surface area contributed by atoms with Crippen LogP contribution in [0, 0.1) is 17.5 Å². The van der Waals surface area contributed by atoms with Crippen LogP contribution in [-0.4, -0.2) is 9.55 Å². The minimum Gasteiger partial charge on any atom is -0.330 e. The zero-order valence-electron chi connectivity index (χ0n) is 12.8. The topological polar surface area (TPSA) is 43.8 Å². The fraction of sp³-hybridized carbons (Fsp3) is 0.167. The molecule has 0 saturated heterocycles. The van der Waals surface area contributed by atoms with E-state index in [9.17, 15) is 13.2 Å². The van der Waals surface area contributed by atoms with Gasteiger partial charge in [0.2, 0.25) is 0 Å². The van der Waals surface area contributed by atoms with Gasteiger partial charge in [0.05, 0.1) is 0 Å². The first-order valence-electron chi connectivity index (χ1n) is 7.48. The fourth-order valence-electron chi connectivity index (χ4n) is 2.50. The van der Waals surface area contributed by atoms with E-state index in [0.717, 1.165) is 17.2 Å². The molecule has 1 heterocycles. The third-order valence-corrected chi connectivity index (χ3v) is 3.88. The summed E-state index contributed by atoms with van der Waals surface area (Å²) in [4.78, 5) is 4.19. The average molecular weight is 331 g/mol. The molecule has 6 heteroatoms. The lowest BCUT2D eigenvalue weighted by Crippen LogP contribution is -2.07. The van der Waals surface area contributed by atoms with Gasteiger partial charge in [-0.25, -0.2) is 18.2 Å². The third kappa shape index (κ3) is 3.33. The summed E-state index contributed by atoms with van der Waals surface area (Å²) in [7, 11) is 0. The van der Waals surface area contributed by atoms with Gasteiger partial charge >= 0.3 is 0 Å². The van der Waals surface area contributed by atoms with Crippen LogP contribution < -0.4 is 5.73 Å². The molecule has 24 heavy (non-hydrogen) atoms. The molecule has 2 aromatic carbocycles. The minimum absolute atomic E-state index is 0.0693. The number of hydrogen-bond donors (Lipinski definition) is 1. The van der Waals surface area contributed by atoms with Crippen molar-refractivity contribution in [3.63, 3.8) is 0 Å². The summed E-state index contributed by atoms with van der Waals surface area (Å²) in [5.41, 5.74) is 7.72. The van der Waals surface area contributed by atoms with Crippen LogP contribution in [0.4, 0.5) is 13.2 Å². The highest BCUT2D eigenvalue weighted by atomic mass is 19.2. The fourth-order valence-corrected chi connectivity index (χ4v) is 2.50. The average Bonchev–Trinajstić information content (AvgIpc) is 3.03. The number of imidazole rings is 1. The molecule has 0 aliphatic heterocycles. The van der Waals surface area contributed by atoms with E-state index in [2.05, 4.69) is 4.98 Å². The molecule has 0 fully saturated rings. The standard InChI is InChI=1S/C18H16F3N3/c19-15-6-5-14(17(20)18(15)21)9-16-23-7-8-24(16)11-13-3-1-12(10-22)2-4-13/h1-8H,9-11,22H2. The molecule has 0 saturated carbocycles. The number of rotatable bonds is 5. The summed E-state index contributed by atoms with van der Waals surface area (Å²) in [5, 5.41) is 0. The first kappa shape index (κ1) is 16.3. The van der Waals surface area contributed by atoms with Gasteiger partial charge in [-0.3, -0.25) is 0 Å². The maximum absolute atomic E-state index is 13.8. The van der Waals surface area contributed by atoms with Gasteiger partial charge < -0.3 is 10.3 Å². The van der Waals surface area contributed by atoms with Crippen LogP contribution in [0.25, 0.3) is 0 Å². The molecular formula is C18H16F3N3. The molecule has 0 aliphatic carbocycles. The van der Waals surface area contributed by atoms with Gasteiger partial charge in [0, 0.05) is 31.9 Å². The Morgan fingerprint density at radius 3 is 2.33 bits per heavy atom. The van der Waals surface area contributed by atoms with Crippen LogP contribution in [-0.2, 0) is 19.5 Å². The lowest BCUT2D eigenvalue weighted by atomic mass is 10.1. The first-order valence-corrected chi connectivity index (χ1v) is 7.48. The van der Waals surface area contributed by atoms with Crippen molar-refractivity contribution in [1.29, 1.82) is 0 Å². The van der Waals surface area contributed by atoms with Gasteiger partial charge in [-0.15, -0.1) is 0 Å². The van der Waals surface area contributed by atoms with Crippen molar-refractivity contribution in [3.8, 4) is 0 Å². The second-order valence-corrected chi connectivity index (χ2v) is 5.50. The van der Waals surface area contributed by atoms with Crippen LogP contribution in [0.1, 0.15) is 22.5 Å². The maximum atomic E-state index is 13.8. The molecule has 3 nitrogen and oxygen atoms in total. The second-order valence-electron chi connectivity index (χ2n) is 5.50. The summed E-state index contributed by atoms with van der Waals surface area (Å²) >= 11 is 0. The van der Waals surface area contributed by atoms with Gasteiger partial charge in [-0.2, -0.15) is 0 Å². The van der Waals surface area contributed by atoms with Crippen molar-refractivity contribution < 1.29 is 13.2 Å². The maximum Gasteiger partial charge on any atom is 0.194 e. The zero-order chi connectivity index (χ0) is 17.1. The number of nitrogens with zero attached hydrogens (tertiary/aromatic N) is 2. The molecule has 0 bridgehead atoms. The molecule has 2 N–H and O–H groups in total. The summed E-state index contributed by atoms with van der Waals surface area (Å²) in [6, 6.07) is 9.98. The van der Waals surface area contributed by atoms with Crippen LogP contribution in [0.5, 0.6) is 0 Å². The highest BCUT2D eigenvalue weighted by molar-refractivity contribution is 5.25. The van der Waals surface area contributed by atoms with Crippen LogP contribution in [0.15, 0.2) is 48.8 Å². The molecule has 3 aromatic rings. The third-order valence-electron chi connectivity index (χ3n) is 3.88. The van der Waals surface area contributed by atoms with Crippen molar-refractivity contribution in [2.45, 2.75) is 19.5 Å². The van der Waals surface area contributed by atoms with Crippen LogP contribution in [0.2, 0.25) is 0 Å². The Hall–Kier alpha value is -2.60. The summed E-state index contributed by atoms with van der Waals surface area (Å²) in [6.45, 7) is 1.03. The van der Waals surface area contributed by atoms with E-state index < -0.39 is 17.5 Å². The van der Waals surface area contributed by atoms with Gasteiger partial charge in [-0.05, 0) is 22.8 Å². The normalized spacial score (nSPS) is 11.0. The predicted molar refractivity (Wildman–Crippen MR) is 84.8 cm³/mol. The molecule has 0 amide bonds. The van der Waals surface area contributed by atoms with E-state index in [0.29, 0.717) is 18.9 Å². The number of hydrogen-bond acceptors (Lipinski definition) is 2. The van der Waals surface area contributed by atoms with E-state index in [-0.39, 0.29) is 12.0 Å². The Labute approximate surface area is 137 Å². The Balaban J connectivity index is 1.81. The molecule has 3 rings (SSSR count). The largest absolute Gasteiger partial charge is 0.330 e. The number of halogens is 3. The lowest BCUT2D eigenvalue weighted by Gasteiger charge is -2.10. The highest BCUT2D eigenvalue weighted by Crippen LogP contribution is 2.18. The highest BCUT2D eigenvalue weighted by Gasteiger charge is 2.15. The summed E-state index contributed by atoms with van der Waals surface area (Å²) in [6.07, 6.45) is 3.45. The molecule has 0 spiro atoms. The van der Waals surface area contributed by atoms with E-state index in [1.165, 1.54) is 6.07 Å². The Kier molecular flexibility index (Phi) is 4.66. The van der Waals surface area contributed by atoms with Crippen LogP contribution in [0.3, 0.4) is 0 Å². The SMILES string of the molecule is NCc1ccc(Cn2ccnc2Cc2ccc(F)c(F)c2F)cc1. The molecule has 0 radical (unpaired) electrons. The number of aromatic nitrogens is 2. The van der Waals surface area contributed by atoms with Crippen molar-refractivity contribution in [2.75, 3.05) is 0 Å². The Morgan fingerprint density at radius 2 is 1.62 bits per heavy atom. The monoisotopic (exact) mass is 331 g/mol. The lowest BCUT2D eigenvalue weighted by molar-refractivity contribution is 0.441. The summed E-state index contributed by atoms with van der Waals surface area (Å²) < 4.78 is 42.1. The van der Waals surface area contributed by atoms with E-state index >= 15 is 0 Å². The predicted octanol–water partition coefficient (Wildman–Crippen LogP) is 3.40.